The third kappa shape index (κ3) is 3.43. The summed E-state index contributed by atoms with van der Waals surface area (Å²) in [7, 11) is 0. The van der Waals surface area contributed by atoms with Crippen molar-refractivity contribution in [3.05, 3.63) is 135 Å². The lowest BCUT2D eigenvalue weighted by Crippen LogP contribution is -2.44. The first-order valence-electron chi connectivity index (χ1n) is 10.7. The second-order valence-corrected chi connectivity index (χ2v) is 8.71. The van der Waals surface area contributed by atoms with E-state index in [4.69, 9.17) is 4.98 Å². The van der Waals surface area contributed by atoms with Crippen LogP contribution in [-0.2, 0) is 12.1 Å². The summed E-state index contributed by atoms with van der Waals surface area (Å²) < 4.78 is 4.13. The summed E-state index contributed by atoms with van der Waals surface area (Å²) >= 11 is 3.49. The number of fused-ring (bicyclic) bond motifs is 1. The number of imidazole rings is 1. The molecule has 3 aromatic carbocycles. The second kappa shape index (κ2) is 8.81. The van der Waals surface area contributed by atoms with Gasteiger partial charge in [0.1, 0.15) is 5.54 Å². The standard InChI is InChI=1S/C27H22BrN3O2/c28-23-18-24-25(29-19-23)31(26(33)30(24)16-17-32)27(20-10-4-1-5-11-20,21-12-6-2-7-13-21)22-14-8-3-9-15-22/h1-15,18-19,32H,16-17H2. The predicted octanol–water partition coefficient (Wildman–Crippen LogP) is 4.79. The highest BCUT2D eigenvalue weighted by atomic mass is 79.9. The molecule has 0 unspecified atom stereocenters. The molecule has 164 valence electrons. The van der Waals surface area contributed by atoms with Crippen LogP contribution in [0.4, 0.5) is 0 Å². The lowest BCUT2D eigenvalue weighted by molar-refractivity contribution is 0.275. The summed E-state index contributed by atoms with van der Waals surface area (Å²) in [6, 6.07) is 31.9. The first kappa shape index (κ1) is 21.4. The fraction of sp³-hybridized carbons (Fsp3) is 0.111. The van der Waals surface area contributed by atoms with Crippen molar-refractivity contribution in [2.75, 3.05) is 6.61 Å². The minimum Gasteiger partial charge on any atom is -0.395 e. The Morgan fingerprint density at radius 3 is 1.76 bits per heavy atom. The van der Waals surface area contributed by atoms with Gasteiger partial charge in [-0.05, 0) is 38.7 Å². The zero-order valence-corrected chi connectivity index (χ0v) is 19.4. The minimum atomic E-state index is -0.972. The van der Waals surface area contributed by atoms with Gasteiger partial charge in [-0.3, -0.25) is 9.13 Å². The Morgan fingerprint density at radius 2 is 1.30 bits per heavy atom. The molecule has 5 aromatic rings. The SMILES string of the molecule is O=c1n(CCO)c2cc(Br)cnc2n1C(c1ccccc1)(c1ccccc1)c1ccccc1. The molecule has 33 heavy (non-hydrogen) atoms. The number of aliphatic hydroxyl groups is 1. The lowest BCUT2D eigenvalue weighted by Gasteiger charge is -2.36. The molecule has 5 nitrogen and oxygen atoms in total. The highest BCUT2D eigenvalue weighted by Crippen LogP contribution is 2.41. The van der Waals surface area contributed by atoms with E-state index in [-0.39, 0.29) is 18.8 Å². The maximum absolute atomic E-state index is 14.1. The molecule has 2 aromatic heterocycles. The van der Waals surface area contributed by atoms with Gasteiger partial charge in [-0.25, -0.2) is 9.78 Å². The minimum absolute atomic E-state index is 0.152. The number of benzene rings is 3. The maximum atomic E-state index is 14.1. The zero-order chi connectivity index (χ0) is 22.8. The topological polar surface area (TPSA) is 60.1 Å². The Bertz CT molecular complexity index is 1350. The van der Waals surface area contributed by atoms with Crippen molar-refractivity contribution in [2.24, 2.45) is 0 Å². The number of aliphatic hydroxyl groups excluding tert-OH is 1. The van der Waals surface area contributed by atoms with Crippen LogP contribution in [0.15, 0.2) is 113 Å². The second-order valence-electron chi connectivity index (χ2n) is 7.80. The quantitative estimate of drug-likeness (QED) is 0.341. The van der Waals surface area contributed by atoms with Gasteiger partial charge in [0, 0.05) is 10.7 Å². The van der Waals surface area contributed by atoms with Crippen LogP contribution in [0.3, 0.4) is 0 Å². The number of hydrogen-bond acceptors (Lipinski definition) is 3. The summed E-state index contributed by atoms with van der Waals surface area (Å²) in [5.74, 6) is 0. The van der Waals surface area contributed by atoms with E-state index < -0.39 is 5.54 Å². The molecule has 2 heterocycles. The van der Waals surface area contributed by atoms with Crippen LogP contribution in [0, 0.1) is 0 Å². The molecule has 0 aliphatic rings. The van der Waals surface area contributed by atoms with E-state index in [9.17, 15) is 9.90 Å². The van der Waals surface area contributed by atoms with Crippen LogP contribution < -0.4 is 5.69 Å². The molecule has 0 bridgehead atoms. The maximum Gasteiger partial charge on any atom is 0.331 e. The number of rotatable bonds is 6. The van der Waals surface area contributed by atoms with Crippen LogP contribution in [0.25, 0.3) is 11.2 Å². The number of aromatic nitrogens is 3. The van der Waals surface area contributed by atoms with Crippen molar-refractivity contribution >= 4 is 27.1 Å². The zero-order valence-electron chi connectivity index (χ0n) is 17.8. The van der Waals surface area contributed by atoms with Crippen LogP contribution in [0.1, 0.15) is 16.7 Å². The van der Waals surface area contributed by atoms with Gasteiger partial charge in [0.2, 0.25) is 0 Å². The van der Waals surface area contributed by atoms with Crippen molar-refractivity contribution in [3.8, 4) is 0 Å². The Hall–Kier alpha value is -3.48. The van der Waals surface area contributed by atoms with Crippen LogP contribution in [0.5, 0.6) is 0 Å². The molecule has 0 saturated carbocycles. The molecule has 0 aliphatic heterocycles. The summed E-state index contributed by atoms with van der Waals surface area (Å²) in [4.78, 5) is 18.8. The third-order valence-electron chi connectivity index (χ3n) is 5.97. The van der Waals surface area contributed by atoms with Gasteiger partial charge >= 0.3 is 5.69 Å². The molecule has 0 fully saturated rings. The van der Waals surface area contributed by atoms with E-state index in [2.05, 4.69) is 15.9 Å². The summed E-state index contributed by atoms with van der Waals surface area (Å²) in [6.45, 7) is 0.0233. The molecule has 0 amide bonds. The Balaban J connectivity index is 2.03. The number of pyridine rings is 1. The van der Waals surface area contributed by atoms with Crippen molar-refractivity contribution in [3.63, 3.8) is 0 Å². The van der Waals surface area contributed by atoms with E-state index in [0.29, 0.717) is 11.2 Å². The lowest BCUT2D eigenvalue weighted by atomic mass is 9.76. The molecule has 1 N–H and O–H groups in total. The number of hydrogen-bond donors (Lipinski definition) is 1. The molecule has 0 aliphatic carbocycles. The molecule has 0 atom stereocenters. The van der Waals surface area contributed by atoms with E-state index in [1.54, 1.807) is 15.3 Å². The van der Waals surface area contributed by atoms with Gasteiger partial charge < -0.3 is 5.11 Å². The van der Waals surface area contributed by atoms with Gasteiger partial charge in [0.25, 0.3) is 0 Å². The first-order valence-corrected chi connectivity index (χ1v) is 11.5. The fourth-order valence-electron chi connectivity index (χ4n) is 4.65. The normalized spacial score (nSPS) is 11.7. The molecule has 5 rings (SSSR count). The van der Waals surface area contributed by atoms with E-state index in [0.717, 1.165) is 21.2 Å². The van der Waals surface area contributed by atoms with E-state index in [1.165, 1.54) is 0 Å². The average Bonchev–Trinajstić information content (AvgIpc) is 3.13. The molecule has 0 radical (unpaired) electrons. The van der Waals surface area contributed by atoms with Crippen molar-refractivity contribution in [2.45, 2.75) is 12.1 Å². The smallest absolute Gasteiger partial charge is 0.331 e. The molecule has 6 heteroatoms. The third-order valence-corrected chi connectivity index (χ3v) is 6.41. The molecular formula is C27H22BrN3O2. The van der Waals surface area contributed by atoms with E-state index >= 15 is 0 Å². The van der Waals surface area contributed by atoms with Crippen LogP contribution in [0.2, 0.25) is 0 Å². The van der Waals surface area contributed by atoms with Crippen LogP contribution >= 0.6 is 15.9 Å². The number of nitrogens with zero attached hydrogens (tertiary/aromatic N) is 3. The van der Waals surface area contributed by atoms with Gasteiger partial charge in [-0.1, -0.05) is 91.0 Å². The van der Waals surface area contributed by atoms with Gasteiger partial charge in [0.15, 0.2) is 5.65 Å². The van der Waals surface area contributed by atoms with Crippen molar-refractivity contribution in [1.29, 1.82) is 0 Å². The molecule has 0 saturated heterocycles. The van der Waals surface area contributed by atoms with Crippen LogP contribution in [-0.4, -0.2) is 25.8 Å². The van der Waals surface area contributed by atoms with E-state index in [1.807, 2.05) is 97.1 Å². The highest BCUT2D eigenvalue weighted by molar-refractivity contribution is 9.10. The predicted molar refractivity (Wildman–Crippen MR) is 133 cm³/mol. The molecule has 0 spiro atoms. The highest BCUT2D eigenvalue weighted by Gasteiger charge is 2.42. The fourth-order valence-corrected chi connectivity index (χ4v) is 4.97. The average molecular weight is 500 g/mol. The van der Waals surface area contributed by atoms with Gasteiger partial charge in [-0.15, -0.1) is 0 Å². The summed E-state index contributed by atoms with van der Waals surface area (Å²) in [6.07, 6.45) is 1.70. The first-order chi connectivity index (χ1) is 16.2. The van der Waals surface area contributed by atoms with Gasteiger partial charge in [-0.2, -0.15) is 0 Å². The Morgan fingerprint density at radius 1 is 0.818 bits per heavy atom. The molecular weight excluding hydrogens is 478 g/mol. The summed E-state index contributed by atoms with van der Waals surface area (Å²) in [5, 5.41) is 9.73. The van der Waals surface area contributed by atoms with Crippen molar-refractivity contribution < 1.29 is 5.11 Å². The number of halogens is 1. The van der Waals surface area contributed by atoms with Gasteiger partial charge in [0.05, 0.1) is 18.7 Å². The Kier molecular flexibility index (Phi) is 5.70. The summed E-state index contributed by atoms with van der Waals surface area (Å²) in [5.41, 5.74) is 2.83. The monoisotopic (exact) mass is 499 g/mol. The Labute approximate surface area is 199 Å². The largest absolute Gasteiger partial charge is 0.395 e. The van der Waals surface area contributed by atoms with Crippen molar-refractivity contribution in [1.82, 2.24) is 14.1 Å².